The molecule has 0 radical (unpaired) electrons. The number of ether oxygens (including phenoxy) is 3. The highest BCUT2D eigenvalue weighted by atomic mass is 19.1. The predicted molar refractivity (Wildman–Crippen MR) is 237 cm³/mol. The highest BCUT2D eigenvalue weighted by molar-refractivity contribution is 5.91. The molecule has 2 aliphatic rings. The number of carbonyl (C=O) groups excluding carboxylic acids is 4. The quantitative estimate of drug-likeness (QED) is 0.0890. The van der Waals surface area contributed by atoms with Crippen molar-refractivity contribution in [2.24, 2.45) is 0 Å². The summed E-state index contributed by atoms with van der Waals surface area (Å²) in [5, 5.41) is 7.33. The summed E-state index contributed by atoms with van der Waals surface area (Å²) in [6.45, 7) is 3.75. The van der Waals surface area contributed by atoms with Crippen LogP contribution in [0.4, 0.5) is 14.0 Å². The van der Waals surface area contributed by atoms with Crippen LogP contribution in [0.5, 0.6) is 0 Å². The summed E-state index contributed by atoms with van der Waals surface area (Å²) in [7, 11) is 2.47. The topological polar surface area (TPSA) is 184 Å². The number of amides is 4. The van der Waals surface area contributed by atoms with Gasteiger partial charge in [0.1, 0.15) is 23.7 Å². The van der Waals surface area contributed by atoms with E-state index >= 15 is 0 Å². The number of benzene rings is 4. The molecule has 6 atom stereocenters. The van der Waals surface area contributed by atoms with Crippen molar-refractivity contribution in [2.75, 3.05) is 27.3 Å². The molecule has 4 heterocycles. The Morgan fingerprint density at radius 3 is 1.78 bits per heavy atom. The lowest BCUT2D eigenvalue weighted by molar-refractivity contribution is -0.143. The number of hydrogen-bond acceptors (Lipinski definition) is 9. The van der Waals surface area contributed by atoms with E-state index in [2.05, 4.69) is 68.1 Å². The number of imidazole rings is 2. The number of nitrogens with one attached hydrogen (secondary N) is 4. The number of fused-ring (bicyclic) bond motifs is 1. The van der Waals surface area contributed by atoms with Crippen molar-refractivity contribution in [1.29, 1.82) is 0 Å². The molecule has 8 rings (SSSR count). The van der Waals surface area contributed by atoms with Crippen molar-refractivity contribution in [1.82, 2.24) is 40.4 Å². The number of rotatable bonds is 13. The highest BCUT2D eigenvalue weighted by Gasteiger charge is 2.40. The van der Waals surface area contributed by atoms with Crippen molar-refractivity contribution < 1.29 is 37.8 Å². The van der Waals surface area contributed by atoms with Crippen LogP contribution in [-0.4, -0.2) is 99.5 Å². The molecule has 6 aromatic rings. The number of hydrogen-bond donors (Lipinski definition) is 4. The first-order chi connectivity index (χ1) is 31.0. The number of H-pyrrole nitrogens is 2. The van der Waals surface area contributed by atoms with Gasteiger partial charge in [0, 0.05) is 18.7 Å². The standard InChI is InChI=1S/C48H51FN8O7/c1-28(64-29(2)49)41(54-47(60)62-3)45(58)56-22-8-12-39(56)44-51-27-38(53-44)36-21-20-34-24-33(18-19-35(34)25-36)30-14-16-31(17-15-30)37-26-50-43(52-37)40-13-9-23-57(40)46(59)42(55-48(61)63-4)32-10-6-5-7-11-32/h5-7,10-11,14-21,24-29,39-42H,8-9,12-13,22-23H2,1-4H3,(H,50,52)(H,51,53)(H,54,60)(H,55,61)/t28-,29?,39+,40+,41+,42-/m1/s1. The Balaban J connectivity index is 0.940. The van der Waals surface area contributed by atoms with Gasteiger partial charge in [0.25, 0.3) is 5.91 Å². The van der Waals surface area contributed by atoms with E-state index in [4.69, 9.17) is 19.2 Å². The lowest BCUT2D eigenvalue weighted by Crippen LogP contribution is -2.54. The first kappa shape index (κ1) is 43.6. The van der Waals surface area contributed by atoms with E-state index < -0.39 is 42.6 Å². The van der Waals surface area contributed by atoms with Crippen LogP contribution in [0.3, 0.4) is 0 Å². The molecule has 0 aliphatic carbocycles. The van der Waals surface area contributed by atoms with Gasteiger partial charge >= 0.3 is 12.2 Å². The zero-order chi connectivity index (χ0) is 44.9. The number of halogens is 1. The molecule has 2 aromatic heterocycles. The summed E-state index contributed by atoms with van der Waals surface area (Å²) in [6, 6.07) is 27.2. The Labute approximate surface area is 369 Å². The zero-order valence-corrected chi connectivity index (χ0v) is 36.0. The molecule has 4 N–H and O–H groups in total. The Hall–Kier alpha value is -7.07. The maximum Gasteiger partial charge on any atom is 0.407 e. The predicted octanol–water partition coefficient (Wildman–Crippen LogP) is 8.16. The summed E-state index contributed by atoms with van der Waals surface area (Å²) in [5.41, 5.74) is 6.29. The van der Waals surface area contributed by atoms with Gasteiger partial charge in [0.15, 0.2) is 6.36 Å². The van der Waals surface area contributed by atoms with Crippen LogP contribution in [0.2, 0.25) is 0 Å². The first-order valence-electron chi connectivity index (χ1n) is 21.4. The number of methoxy groups -OCH3 is 2. The van der Waals surface area contributed by atoms with E-state index in [-0.39, 0.29) is 18.0 Å². The van der Waals surface area contributed by atoms with Gasteiger partial charge in [-0.2, -0.15) is 0 Å². The minimum atomic E-state index is -1.63. The number of alkyl carbamates (subject to hydrolysis) is 2. The Kier molecular flexibility index (Phi) is 13.0. The fourth-order valence-corrected chi connectivity index (χ4v) is 8.76. The van der Waals surface area contributed by atoms with Crippen LogP contribution in [0.1, 0.15) is 74.9 Å². The summed E-state index contributed by atoms with van der Waals surface area (Å²) < 4.78 is 28.6. The molecule has 64 heavy (non-hydrogen) atoms. The lowest BCUT2D eigenvalue weighted by Gasteiger charge is -2.31. The summed E-state index contributed by atoms with van der Waals surface area (Å²) in [4.78, 5) is 71.8. The first-order valence-corrected chi connectivity index (χ1v) is 21.4. The van der Waals surface area contributed by atoms with Crippen LogP contribution in [-0.2, 0) is 23.8 Å². The molecule has 4 aromatic carbocycles. The van der Waals surface area contributed by atoms with Gasteiger partial charge in [-0.1, -0.05) is 78.9 Å². The van der Waals surface area contributed by atoms with Crippen LogP contribution >= 0.6 is 0 Å². The Bertz CT molecular complexity index is 2620. The molecule has 2 fully saturated rings. The number of likely N-dealkylation sites (tertiary alicyclic amines) is 2. The molecule has 15 nitrogen and oxygen atoms in total. The van der Waals surface area contributed by atoms with Crippen LogP contribution in [0.25, 0.3) is 44.4 Å². The molecule has 16 heteroatoms. The molecule has 2 saturated heterocycles. The Morgan fingerprint density at radius 1 is 0.672 bits per heavy atom. The monoisotopic (exact) mass is 870 g/mol. The lowest BCUT2D eigenvalue weighted by atomic mass is 9.98. The molecular weight excluding hydrogens is 820 g/mol. The van der Waals surface area contributed by atoms with Gasteiger partial charge in [0.05, 0.1) is 56.2 Å². The van der Waals surface area contributed by atoms with Crippen LogP contribution in [0, 0.1) is 0 Å². The maximum atomic E-state index is 13.9. The van der Waals surface area contributed by atoms with E-state index in [1.54, 1.807) is 22.2 Å². The smallest absolute Gasteiger partial charge is 0.407 e. The second-order valence-corrected chi connectivity index (χ2v) is 16.1. The van der Waals surface area contributed by atoms with E-state index in [1.807, 2.05) is 48.5 Å². The highest BCUT2D eigenvalue weighted by Crippen LogP contribution is 2.36. The van der Waals surface area contributed by atoms with E-state index in [0.29, 0.717) is 36.7 Å². The van der Waals surface area contributed by atoms with Gasteiger partial charge in [-0.25, -0.2) is 23.9 Å². The van der Waals surface area contributed by atoms with Crippen molar-refractivity contribution in [3.8, 4) is 33.6 Å². The van der Waals surface area contributed by atoms with Gasteiger partial charge in [-0.3, -0.25) is 9.59 Å². The molecule has 1 unspecified atom stereocenters. The van der Waals surface area contributed by atoms with Crippen LogP contribution in [0.15, 0.2) is 103 Å². The normalized spacial score (nSPS) is 18.0. The number of nitrogens with zero attached hydrogens (tertiary/aromatic N) is 4. The van der Waals surface area contributed by atoms with Gasteiger partial charge in [-0.15, -0.1) is 0 Å². The summed E-state index contributed by atoms with van der Waals surface area (Å²) in [6.07, 6.45) is 2.43. The Morgan fingerprint density at radius 2 is 1.19 bits per heavy atom. The van der Waals surface area contributed by atoms with E-state index in [1.165, 1.54) is 28.1 Å². The van der Waals surface area contributed by atoms with Gasteiger partial charge in [-0.05, 0) is 84.7 Å². The number of aromatic nitrogens is 4. The SMILES string of the molecule is COC(=O)N[C@H](C(=O)N1CCC[C@H]1c1ncc(-c2ccc3cc(-c4ccc(-c5cnc([C@@H]6CCCN6C(=O)[C@H](NC(=O)OC)c6ccccc6)[nH]5)cc4)ccc3c2)[nH]1)[C@@H](C)OC(C)F. The molecule has 0 spiro atoms. The molecule has 0 saturated carbocycles. The third-order valence-electron chi connectivity index (χ3n) is 12.0. The zero-order valence-electron chi connectivity index (χ0n) is 36.0. The average molecular weight is 871 g/mol. The van der Waals surface area contributed by atoms with E-state index in [0.717, 1.165) is 63.7 Å². The number of aromatic amines is 2. The van der Waals surface area contributed by atoms with E-state index in [9.17, 15) is 23.6 Å². The average Bonchev–Trinajstić information content (AvgIpc) is 4.17. The van der Waals surface area contributed by atoms with Crippen molar-refractivity contribution >= 4 is 34.8 Å². The largest absolute Gasteiger partial charge is 0.453 e. The second kappa shape index (κ2) is 19.1. The minimum Gasteiger partial charge on any atom is -0.453 e. The summed E-state index contributed by atoms with van der Waals surface area (Å²) in [5.74, 6) is 0.681. The third kappa shape index (κ3) is 9.32. The number of alkyl halides is 1. The minimum absolute atomic E-state index is 0.222. The summed E-state index contributed by atoms with van der Waals surface area (Å²) >= 11 is 0. The number of carbonyl (C=O) groups is 4. The molecule has 2 aliphatic heterocycles. The molecular formula is C48H51FN8O7. The third-order valence-corrected chi connectivity index (χ3v) is 12.0. The van der Waals surface area contributed by atoms with Crippen molar-refractivity contribution in [2.45, 2.75) is 76.2 Å². The fraction of sp³-hybridized carbons (Fsp3) is 0.333. The van der Waals surface area contributed by atoms with Crippen molar-refractivity contribution in [3.63, 3.8) is 0 Å². The molecule has 332 valence electrons. The van der Waals surface area contributed by atoms with Crippen LogP contribution < -0.4 is 10.6 Å². The second-order valence-electron chi connectivity index (χ2n) is 16.1. The fourth-order valence-electron chi connectivity index (χ4n) is 8.76. The molecule has 0 bridgehead atoms. The van der Waals surface area contributed by atoms with Crippen molar-refractivity contribution in [3.05, 3.63) is 121 Å². The van der Waals surface area contributed by atoms with Gasteiger partial charge < -0.3 is 44.6 Å². The van der Waals surface area contributed by atoms with Gasteiger partial charge in [0.2, 0.25) is 5.91 Å². The maximum absolute atomic E-state index is 13.9. The molecule has 4 amide bonds.